The zero-order valence-corrected chi connectivity index (χ0v) is 22.4. The van der Waals surface area contributed by atoms with E-state index in [1.165, 1.54) is 12.1 Å². The van der Waals surface area contributed by atoms with E-state index in [0.717, 1.165) is 38.2 Å². The van der Waals surface area contributed by atoms with Gasteiger partial charge in [0.25, 0.3) is 0 Å². The minimum absolute atomic E-state index is 0.0373. The van der Waals surface area contributed by atoms with Gasteiger partial charge in [-0.15, -0.1) is 0 Å². The first-order chi connectivity index (χ1) is 17.8. The number of piperidine rings is 1. The average molecular weight is 526 g/mol. The number of unbranched alkanes of at least 4 members (excludes halogenated alkanes) is 1. The number of amides is 2. The number of methoxy groups -OCH3 is 1. The molecule has 1 heterocycles. The molecule has 0 aromatic heterocycles. The van der Waals surface area contributed by atoms with Gasteiger partial charge < -0.3 is 30.5 Å². The van der Waals surface area contributed by atoms with Crippen molar-refractivity contribution in [3.05, 3.63) is 35.4 Å². The highest BCUT2D eigenvalue weighted by Gasteiger charge is 2.43. The topological polar surface area (TPSA) is 94.1 Å². The minimum atomic E-state index is -1.59. The van der Waals surface area contributed by atoms with Crippen molar-refractivity contribution in [2.24, 2.45) is 11.8 Å². The van der Waals surface area contributed by atoms with Crippen LogP contribution in [0.3, 0.4) is 0 Å². The molecular formula is C28H45F2N3O4. The molecule has 1 aliphatic heterocycles. The SMILES string of the molecule is CNCC(CC1CCC(O)CC1)NC(=O)N1CCC[C@@H]([C@@](O)(CCCCOC)c2cccc(F)c2F)C1. The summed E-state index contributed by atoms with van der Waals surface area (Å²) in [4.78, 5) is 15.0. The Balaban J connectivity index is 1.70. The van der Waals surface area contributed by atoms with E-state index in [0.29, 0.717) is 51.3 Å². The van der Waals surface area contributed by atoms with Crippen molar-refractivity contribution >= 4 is 6.03 Å². The number of urea groups is 1. The molecule has 0 bridgehead atoms. The van der Waals surface area contributed by atoms with E-state index in [1.807, 2.05) is 7.05 Å². The molecule has 2 aliphatic rings. The monoisotopic (exact) mass is 525 g/mol. The number of carbonyl (C=O) groups excluding carboxylic acids is 1. The molecule has 3 atom stereocenters. The number of carbonyl (C=O) groups is 1. The van der Waals surface area contributed by atoms with Gasteiger partial charge in [0.1, 0.15) is 0 Å². The van der Waals surface area contributed by atoms with Crippen LogP contribution in [0.15, 0.2) is 18.2 Å². The fraction of sp³-hybridized carbons (Fsp3) is 0.750. The Hall–Kier alpha value is -1.81. The summed E-state index contributed by atoms with van der Waals surface area (Å²) in [7, 11) is 3.47. The zero-order chi connectivity index (χ0) is 26.8. The van der Waals surface area contributed by atoms with E-state index in [9.17, 15) is 23.8 Å². The predicted octanol–water partition coefficient (Wildman–Crippen LogP) is 3.92. The van der Waals surface area contributed by atoms with Crippen LogP contribution < -0.4 is 10.6 Å². The summed E-state index contributed by atoms with van der Waals surface area (Å²) in [5, 5.41) is 28.0. The van der Waals surface area contributed by atoms with Crippen LogP contribution in [0.5, 0.6) is 0 Å². The molecule has 1 aromatic rings. The number of aliphatic hydroxyl groups excluding tert-OH is 1. The number of likely N-dealkylation sites (tertiary alicyclic amines) is 1. The highest BCUT2D eigenvalue weighted by molar-refractivity contribution is 5.74. The largest absolute Gasteiger partial charge is 0.393 e. The van der Waals surface area contributed by atoms with Gasteiger partial charge >= 0.3 is 6.03 Å². The third-order valence-electron chi connectivity index (χ3n) is 8.17. The lowest BCUT2D eigenvalue weighted by atomic mass is 9.74. The van der Waals surface area contributed by atoms with Gasteiger partial charge in [-0.2, -0.15) is 0 Å². The Morgan fingerprint density at radius 2 is 1.97 bits per heavy atom. The van der Waals surface area contributed by atoms with Crippen molar-refractivity contribution in [2.45, 2.75) is 82.0 Å². The number of rotatable bonds is 12. The lowest BCUT2D eigenvalue weighted by Gasteiger charge is -2.43. The molecule has 1 saturated heterocycles. The molecule has 37 heavy (non-hydrogen) atoms. The average Bonchev–Trinajstić information content (AvgIpc) is 2.89. The molecule has 210 valence electrons. The summed E-state index contributed by atoms with van der Waals surface area (Å²) >= 11 is 0. The Kier molecular flexibility index (Phi) is 11.6. The Labute approximate surface area is 220 Å². The van der Waals surface area contributed by atoms with Crippen LogP contribution in [0, 0.1) is 23.5 Å². The first-order valence-electron chi connectivity index (χ1n) is 13.8. The quantitative estimate of drug-likeness (QED) is 0.311. The fourth-order valence-electron chi connectivity index (χ4n) is 6.08. The van der Waals surface area contributed by atoms with Crippen LogP contribution in [-0.2, 0) is 10.3 Å². The summed E-state index contributed by atoms with van der Waals surface area (Å²) in [6.45, 7) is 1.98. The van der Waals surface area contributed by atoms with Gasteiger partial charge in [-0.3, -0.25) is 0 Å². The first-order valence-corrected chi connectivity index (χ1v) is 13.8. The smallest absolute Gasteiger partial charge is 0.317 e. The third kappa shape index (κ3) is 8.09. The maximum Gasteiger partial charge on any atom is 0.317 e. The van der Waals surface area contributed by atoms with E-state index in [-0.39, 0.29) is 36.7 Å². The van der Waals surface area contributed by atoms with Crippen LogP contribution in [0.2, 0.25) is 0 Å². The highest BCUT2D eigenvalue weighted by Crippen LogP contribution is 2.41. The second-order valence-electron chi connectivity index (χ2n) is 10.9. The van der Waals surface area contributed by atoms with E-state index in [4.69, 9.17) is 4.74 Å². The van der Waals surface area contributed by atoms with Gasteiger partial charge in [0, 0.05) is 50.9 Å². The van der Waals surface area contributed by atoms with Crippen molar-refractivity contribution in [3.63, 3.8) is 0 Å². The normalized spacial score (nSPS) is 24.9. The number of hydrogen-bond acceptors (Lipinski definition) is 5. The number of benzene rings is 1. The highest BCUT2D eigenvalue weighted by atomic mass is 19.2. The lowest BCUT2D eigenvalue weighted by molar-refractivity contribution is -0.0591. The summed E-state index contributed by atoms with van der Waals surface area (Å²) in [6.07, 6.45) is 6.97. The summed E-state index contributed by atoms with van der Waals surface area (Å²) in [6, 6.07) is 3.69. The number of nitrogens with one attached hydrogen (secondary N) is 2. The molecule has 0 radical (unpaired) electrons. The molecule has 9 heteroatoms. The minimum Gasteiger partial charge on any atom is -0.393 e. The molecule has 2 amide bonds. The summed E-state index contributed by atoms with van der Waals surface area (Å²) in [5.41, 5.74) is -1.63. The van der Waals surface area contributed by atoms with Crippen molar-refractivity contribution in [1.82, 2.24) is 15.5 Å². The summed E-state index contributed by atoms with van der Waals surface area (Å²) < 4.78 is 34.2. The second kappa shape index (κ2) is 14.4. The fourth-order valence-corrected chi connectivity index (χ4v) is 6.08. The molecule has 1 aromatic carbocycles. The van der Waals surface area contributed by atoms with Gasteiger partial charge in [0.2, 0.25) is 0 Å². The number of aliphatic hydroxyl groups is 2. The van der Waals surface area contributed by atoms with Gasteiger partial charge in [-0.05, 0) is 83.2 Å². The third-order valence-corrected chi connectivity index (χ3v) is 8.17. The van der Waals surface area contributed by atoms with E-state index in [1.54, 1.807) is 12.0 Å². The van der Waals surface area contributed by atoms with Crippen molar-refractivity contribution in [3.8, 4) is 0 Å². The van der Waals surface area contributed by atoms with E-state index < -0.39 is 23.2 Å². The molecule has 7 nitrogen and oxygen atoms in total. The summed E-state index contributed by atoms with van der Waals surface area (Å²) in [5.74, 6) is -1.97. The van der Waals surface area contributed by atoms with Crippen LogP contribution >= 0.6 is 0 Å². The van der Waals surface area contributed by atoms with Gasteiger partial charge in [-0.25, -0.2) is 13.6 Å². The van der Waals surface area contributed by atoms with E-state index >= 15 is 0 Å². The van der Waals surface area contributed by atoms with Crippen molar-refractivity contribution < 1.29 is 28.5 Å². The molecule has 1 aliphatic carbocycles. The zero-order valence-electron chi connectivity index (χ0n) is 22.4. The molecule has 4 N–H and O–H groups in total. The maximum absolute atomic E-state index is 14.9. The van der Waals surface area contributed by atoms with Crippen LogP contribution in [-0.4, -0.2) is 73.7 Å². The lowest BCUT2D eigenvalue weighted by Crippen LogP contribution is -2.54. The molecule has 1 unspecified atom stereocenters. The number of hydrogen-bond donors (Lipinski definition) is 4. The number of likely N-dealkylation sites (N-methyl/N-ethyl adjacent to an activating group) is 1. The maximum atomic E-state index is 14.9. The second-order valence-corrected chi connectivity index (χ2v) is 10.9. The van der Waals surface area contributed by atoms with Gasteiger partial charge in [0.05, 0.1) is 11.7 Å². The Morgan fingerprint density at radius 1 is 1.22 bits per heavy atom. The Morgan fingerprint density at radius 3 is 2.68 bits per heavy atom. The van der Waals surface area contributed by atoms with Crippen LogP contribution in [0.1, 0.15) is 69.8 Å². The van der Waals surface area contributed by atoms with Crippen LogP contribution in [0.4, 0.5) is 13.6 Å². The molecule has 0 spiro atoms. The van der Waals surface area contributed by atoms with Crippen molar-refractivity contribution in [1.29, 1.82) is 0 Å². The number of ether oxygens (including phenoxy) is 1. The molecule has 2 fully saturated rings. The molecular weight excluding hydrogens is 480 g/mol. The molecule has 1 saturated carbocycles. The first kappa shape index (κ1) is 29.7. The molecule has 3 rings (SSSR count). The van der Waals surface area contributed by atoms with Crippen molar-refractivity contribution in [2.75, 3.05) is 40.4 Å². The predicted molar refractivity (Wildman–Crippen MR) is 139 cm³/mol. The van der Waals surface area contributed by atoms with E-state index in [2.05, 4.69) is 10.6 Å². The van der Waals surface area contributed by atoms with Gasteiger partial charge in [0.15, 0.2) is 11.6 Å². The standard InChI is InChI=1S/C28H45F2N3O4/c1-31-18-22(17-20-10-12-23(34)13-11-20)32-27(35)33-15-6-7-21(19-33)28(36,14-3-4-16-37-2)24-8-5-9-25(29)26(24)30/h5,8-9,20-23,31,34,36H,3-4,6-7,10-19H2,1-2H3,(H,32,35)/t20?,21-,22?,23?,28+/m1/s1. The Bertz CT molecular complexity index is 853. The van der Waals surface area contributed by atoms with Gasteiger partial charge in [-0.1, -0.05) is 12.1 Å². The van der Waals surface area contributed by atoms with Crippen LogP contribution in [0.25, 0.3) is 0 Å². The number of halogens is 2. The number of nitrogens with zero attached hydrogens (tertiary/aromatic N) is 1.